The molecule has 0 heterocycles. The van der Waals surface area contributed by atoms with Gasteiger partial charge in [-0.05, 0) is 52.2 Å². The Kier molecular flexibility index (Phi) is 4.38. The van der Waals surface area contributed by atoms with Crippen molar-refractivity contribution < 1.29 is 19.0 Å². The number of rotatable bonds is 5. The van der Waals surface area contributed by atoms with Crippen LogP contribution in [0.4, 0.5) is 0 Å². The Bertz CT molecular complexity index is 900. The van der Waals surface area contributed by atoms with Gasteiger partial charge in [0.05, 0.1) is 21.3 Å². The number of benzene rings is 3. The van der Waals surface area contributed by atoms with E-state index in [0.717, 1.165) is 33.9 Å². The summed E-state index contributed by atoms with van der Waals surface area (Å²) in [6.07, 6.45) is 0.890. The van der Waals surface area contributed by atoms with Gasteiger partial charge in [0.2, 0.25) is 0 Å². The van der Waals surface area contributed by atoms with Crippen molar-refractivity contribution in [2.75, 3.05) is 21.3 Å². The molecule has 24 heavy (non-hydrogen) atoms. The summed E-state index contributed by atoms with van der Waals surface area (Å²) in [5.74, 6) is 2.04. The largest absolute Gasteiger partial charge is 0.497 e. The van der Waals surface area contributed by atoms with E-state index in [1.165, 1.54) is 0 Å². The number of fused-ring (bicyclic) bond motifs is 1. The summed E-state index contributed by atoms with van der Waals surface area (Å²) >= 11 is 0. The topological polar surface area (TPSA) is 44.8 Å². The minimum atomic E-state index is 0.627. The van der Waals surface area contributed by atoms with E-state index < -0.39 is 0 Å². The first-order valence-corrected chi connectivity index (χ1v) is 7.50. The van der Waals surface area contributed by atoms with E-state index in [1.807, 2.05) is 48.5 Å². The summed E-state index contributed by atoms with van der Waals surface area (Å²) in [5, 5.41) is 1.85. The maximum absolute atomic E-state index is 11.8. The van der Waals surface area contributed by atoms with Crippen molar-refractivity contribution in [2.45, 2.75) is 0 Å². The van der Waals surface area contributed by atoms with Crippen LogP contribution >= 0.6 is 0 Å². The fourth-order valence-corrected chi connectivity index (χ4v) is 2.84. The minimum absolute atomic E-state index is 0.627. The van der Waals surface area contributed by atoms with Gasteiger partial charge in [-0.3, -0.25) is 4.79 Å². The van der Waals surface area contributed by atoms with Crippen LogP contribution in [0.15, 0.2) is 48.5 Å². The van der Waals surface area contributed by atoms with Crippen molar-refractivity contribution >= 4 is 17.1 Å². The number of hydrogen-bond donors (Lipinski definition) is 0. The summed E-state index contributed by atoms with van der Waals surface area (Å²) in [6, 6.07) is 15.2. The molecule has 0 N–H and O–H groups in total. The minimum Gasteiger partial charge on any atom is -0.497 e. The van der Waals surface area contributed by atoms with Crippen LogP contribution in [0.2, 0.25) is 0 Å². The molecule has 0 saturated carbocycles. The van der Waals surface area contributed by atoms with Gasteiger partial charge in [-0.1, -0.05) is 18.2 Å². The third kappa shape index (κ3) is 2.67. The molecule has 3 rings (SSSR count). The smallest absolute Gasteiger partial charge is 0.161 e. The average Bonchev–Trinajstić information content (AvgIpc) is 2.65. The van der Waals surface area contributed by atoms with Crippen LogP contribution in [-0.2, 0) is 0 Å². The Balaban J connectivity index is 2.21. The normalized spacial score (nSPS) is 10.5. The van der Waals surface area contributed by atoms with Gasteiger partial charge in [0.25, 0.3) is 0 Å². The molecule has 0 unspecified atom stereocenters. The molecule has 0 saturated heterocycles. The maximum Gasteiger partial charge on any atom is 0.161 e. The molecular weight excluding hydrogens is 304 g/mol. The van der Waals surface area contributed by atoms with E-state index in [0.29, 0.717) is 17.1 Å². The van der Waals surface area contributed by atoms with Gasteiger partial charge in [0.1, 0.15) is 5.75 Å². The molecule has 0 bridgehead atoms. The van der Waals surface area contributed by atoms with Crippen molar-refractivity contribution in [3.8, 4) is 28.4 Å². The summed E-state index contributed by atoms with van der Waals surface area (Å²) in [4.78, 5) is 11.8. The van der Waals surface area contributed by atoms with Gasteiger partial charge in [0.15, 0.2) is 17.8 Å². The van der Waals surface area contributed by atoms with E-state index in [4.69, 9.17) is 14.2 Å². The molecule has 4 heteroatoms. The lowest BCUT2D eigenvalue weighted by Crippen LogP contribution is -1.94. The first kappa shape index (κ1) is 15.9. The van der Waals surface area contributed by atoms with Crippen molar-refractivity contribution in [3.63, 3.8) is 0 Å². The van der Waals surface area contributed by atoms with Gasteiger partial charge in [-0.25, -0.2) is 0 Å². The average molecular weight is 322 g/mol. The van der Waals surface area contributed by atoms with Gasteiger partial charge >= 0.3 is 0 Å². The molecule has 0 amide bonds. The molecule has 3 aromatic rings. The van der Waals surface area contributed by atoms with E-state index >= 15 is 0 Å². The first-order chi connectivity index (χ1) is 11.7. The van der Waals surface area contributed by atoms with Crippen LogP contribution < -0.4 is 14.2 Å². The second kappa shape index (κ2) is 6.62. The zero-order valence-corrected chi connectivity index (χ0v) is 13.8. The highest BCUT2D eigenvalue weighted by Gasteiger charge is 2.12. The zero-order chi connectivity index (χ0) is 17.1. The fraction of sp³-hybridized carbons (Fsp3) is 0.150. The maximum atomic E-state index is 11.8. The summed E-state index contributed by atoms with van der Waals surface area (Å²) in [6.45, 7) is 0. The number of carbonyl (C=O) groups excluding carboxylic acids is 1. The standard InChI is InChI=1S/C20H18O4/c1-22-15-6-8-17-13(10-15)4-7-16(18(17)12-21)14-5-9-19(23-2)20(11-14)24-3/h4-12H,1-3H3. The number of carbonyl (C=O) groups is 1. The Morgan fingerprint density at radius 3 is 2.25 bits per heavy atom. The summed E-state index contributed by atoms with van der Waals surface area (Å²) < 4.78 is 15.9. The van der Waals surface area contributed by atoms with Crippen molar-refractivity contribution in [2.24, 2.45) is 0 Å². The predicted octanol–water partition coefficient (Wildman–Crippen LogP) is 4.35. The van der Waals surface area contributed by atoms with Crippen molar-refractivity contribution in [1.29, 1.82) is 0 Å². The number of aldehydes is 1. The Hall–Kier alpha value is -3.01. The van der Waals surface area contributed by atoms with Crippen LogP contribution in [0, 0.1) is 0 Å². The highest BCUT2D eigenvalue weighted by atomic mass is 16.5. The molecule has 0 atom stereocenters. The van der Waals surface area contributed by atoms with Crippen LogP contribution in [-0.4, -0.2) is 27.6 Å². The molecule has 0 aromatic heterocycles. The molecule has 0 spiro atoms. The van der Waals surface area contributed by atoms with Crippen LogP contribution in [0.5, 0.6) is 17.2 Å². The van der Waals surface area contributed by atoms with Crippen molar-refractivity contribution in [3.05, 3.63) is 54.1 Å². The van der Waals surface area contributed by atoms with Gasteiger partial charge < -0.3 is 14.2 Å². The van der Waals surface area contributed by atoms with E-state index in [1.54, 1.807) is 21.3 Å². The molecule has 4 nitrogen and oxygen atoms in total. The number of hydrogen-bond acceptors (Lipinski definition) is 4. The molecule has 0 radical (unpaired) electrons. The van der Waals surface area contributed by atoms with Gasteiger partial charge in [-0.2, -0.15) is 0 Å². The van der Waals surface area contributed by atoms with E-state index in [2.05, 4.69) is 0 Å². The zero-order valence-electron chi connectivity index (χ0n) is 13.8. The summed E-state index contributed by atoms with van der Waals surface area (Å²) in [5.41, 5.74) is 2.39. The SMILES string of the molecule is COc1ccc2c(C=O)c(-c3ccc(OC)c(OC)c3)ccc2c1. The third-order valence-corrected chi connectivity index (χ3v) is 4.08. The lowest BCUT2D eigenvalue weighted by molar-refractivity contribution is 0.112. The van der Waals surface area contributed by atoms with E-state index in [-0.39, 0.29) is 0 Å². The highest BCUT2D eigenvalue weighted by Crippen LogP contribution is 2.36. The Labute approximate surface area is 140 Å². The number of methoxy groups -OCH3 is 3. The van der Waals surface area contributed by atoms with Gasteiger partial charge in [-0.15, -0.1) is 0 Å². The molecular formula is C20H18O4. The molecule has 0 aliphatic heterocycles. The molecule has 3 aromatic carbocycles. The van der Waals surface area contributed by atoms with Crippen molar-refractivity contribution in [1.82, 2.24) is 0 Å². The first-order valence-electron chi connectivity index (χ1n) is 7.50. The lowest BCUT2D eigenvalue weighted by Gasteiger charge is -2.13. The number of ether oxygens (including phenoxy) is 3. The Morgan fingerprint density at radius 1 is 0.792 bits per heavy atom. The second-order valence-corrected chi connectivity index (χ2v) is 5.30. The van der Waals surface area contributed by atoms with Crippen LogP contribution in [0.25, 0.3) is 21.9 Å². The summed E-state index contributed by atoms with van der Waals surface area (Å²) in [7, 11) is 4.81. The quantitative estimate of drug-likeness (QED) is 0.655. The third-order valence-electron chi connectivity index (χ3n) is 4.08. The van der Waals surface area contributed by atoms with Gasteiger partial charge in [0, 0.05) is 5.56 Å². The fourth-order valence-electron chi connectivity index (χ4n) is 2.84. The Morgan fingerprint density at radius 2 is 1.58 bits per heavy atom. The molecule has 122 valence electrons. The van der Waals surface area contributed by atoms with Crippen LogP contribution in [0.3, 0.4) is 0 Å². The van der Waals surface area contributed by atoms with E-state index in [9.17, 15) is 4.79 Å². The molecule has 0 fully saturated rings. The molecule has 0 aliphatic carbocycles. The molecule has 0 aliphatic rings. The second-order valence-electron chi connectivity index (χ2n) is 5.30. The monoisotopic (exact) mass is 322 g/mol. The predicted molar refractivity (Wildman–Crippen MR) is 94.4 cm³/mol. The lowest BCUT2D eigenvalue weighted by atomic mass is 9.94. The highest BCUT2D eigenvalue weighted by molar-refractivity contribution is 6.05. The van der Waals surface area contributed by atoms with Crippen LogP contribution in [0.1, 0.15) is 10.4 Å².